The molecule has 1 unspecified atom stereocenters. The van der Waals surface area contributed by atoms with Crippen molar-refractivity contribution in [2.75, 3.05) is 12.4 Å². The highest BCUT2D eigenvalue weighted by Crippen LogP contribution is 2.28. The van der Waals surface area contributed by atoms with Crippen molar-refractivity contribution < 1.29 is 9.53 Å². The Morgan fingerprint density at radius 3 is 2.43 bits per heavy atom. The Bertz CT molecular complexity index is 647. The lowest BCUT2D eigenvalue weighted by Crippen LogP contribution is -2.22. The van der Waals surface area contributed by atoms with Crippen molar-refractivity contribution in [3.05, 3.63) is 62.5 Å². The van der Waals surface area contributed by atoms with Gasteiger partial charge in [0.25, 0.3) is 0 Å². The maximum Gasteiger partial charge on any atom is 0.332 e. The second-order valence-corrected chi connectivity index (χ2v) is 5.98. The van der Waals surface area contributed by atoms with E-state index in [2.05, 4.69) is 21.2 Å². The van der Waals surface area contributed by atoms with Crippen molar-refractivity contribution >= 4 is 50.8 Å². The molecule has 3 nitrogen and oxygen atoms in total. The number of ether oxygens (including phenoxy) is 1. The fraction of sp³-hybridized carbons (Fsp3) is 0.133. The third kappa shape index (κ3) is 4.13. The molecule has 21 heavy (non-hydrogen) atoms. The van der Waals surface area contributed by atoms with E-state index < -0.39 is 12.0 Å². The molecule has 2 rings (SSSR count). The molecule has 2 aromatic rings. The van der Waals surface area contributed by atoms with Crippen LogP contribution in [0.3, 0.4) is 0 Å². The van der Waals surface area contributed by atoms with Crippen molar-refractivity contribution in [3.8, 4) is 0 Å². The summed E-state index contributed by atoms with van der Waals surface area (Å²) in [5.74, 6) is -0.400. The van der Waals surface area contributed by atoms with Crippen molar-refractivity contribution in [2.45, 2.75) is 6.04 Å². The van der Waals surface area contributed by atoms with Crippen molar-refractivity contribution in [3.63, 3.8) is 0 Å². The van der Waals surface area contributed by atoms with Gasteiger partial charge >= 0.3 is 5.97 Å². The largest absolute Gasteiger partial charge is 0.467 e. The zero-order valence-electron chi connectivity index (χ0n) is 11.1. The summed E-state index contributed by atoms with van der Waals surface area (Å²) in [4.78, 5) is 12.0. The second-order valence-electron chi connectivity index (χ2n) is 4.28. The van der Waals surface area contributed by atoms with Gasteiger partial charge in [0.05, 0.1) is 12.1 Å². The van der Waals surface area contributed by atoms with Crippen LogP contribution in [0.4, 0.5) is 5.69 Å². The summed E-state index contributed by atoms with van der Waals surface area (Å²) in [6.07, 6.45) is 0. The van der Waals surface area contributed by atoms with Gasteiger partial charge in [-0.05, 0) is 57.9 Å². The van der Waals surface area contributed by atoms with Crippen molar-refractivity contribution in [1.29, 1.82) is 0 Å². The number of hydrogen-bond acceptors (Lipinski definition) is 3. The third-order valence-corrected chi connectivity index (χ3v) is 4.35. The van der Waals surface area contributed by atoms with Gasteiger partial charge in [-0.3, -0.25) is 0 Å². The molecule has 6 heteroatoms. The van der Waals surface area contributed by atoms with E-state index in [0.29, 0.717) is 15.6 Å². The lowest BCUT2D eigenvalue weighted by Gasteiger charge is -2.18. The predicted molar refractivity (Wildman–Crippen MR) is 89.0 cm³/mol. The maximum absolute atomic E-state index is 12.0. The Morgan fingerprint density at radius 1 is 1.19 bits per heavy atom. The number of halogens is 3. The summed E-state index contributed by atoms with van der Waals surface area (Å²) in [5.41, 5.74) is 1.47. The summed E-state index contributed by atoms with van der Waals surface area (Å²) < 4.78 is 5.62. The van der Waals surface area contributed by atoms with E-state index in [1.807, 2.05) is 0 Å². The highest BCUT2D eigenvalue weighted by molar-refractivity contribution is 9.10. The van der Waals surface area contributed by atoms with Gasteiger partial charge in [0, 0.05) is 15.2 Å². The van der Waals surface area contributed by atoms with Gasteiger partial charge in [-0.25, -0.2) is 4.79 Å². The molecule has 0 heterocycles. The van der Waals surface area contributed by atoms with Gasteiger partial charge in [0.1, 0.15) is 0 Å². The fourth-order valence-corrected chi connectivity index (χ4v) is 2.36. The van der Waals surface area contributed by atoms with Crippen LogP contribution in [-0.2, 0) is 9.53 Å². The lowest BCUT2D eigenvalue weighted by molar-refractivity contribution is -0.141. The van der Waals surface area contributed by atoms with E-state index >= 15 is 0 Å². The molecule has 0 bridgehead atoms. The SMILES string of the molecule is COC(=O)C(Nc1ccc(Cl)cc1)c1ccc(Br)c(Cl)c1. The topological polar surface area (TPSA) is 38.3 Å². The van der Waals surface area contributed by atoms with Gasteiger partial charge in [-0.2, -0.15) is 0 Å². The molecular weight excluding hydrogens is 377 g/mol. The Balaban J connectivity index is 2.31. The molecule has 0 saturated carbocycles. The van der Waals surface area contributed by atoms with Gasteiger partial charge in [0.2, 0.25) is 0 Å². The first kappa shape index (κ1) is 16.1. The summed E-state index contributed by atoms with van der Waals surface area (Å²) in [6, 6.07) is 11.7. The van der Waals surface area contributed by atoms with Crippen LogP contribution >= 0.6 is 39.1 Å². The van der Waals surface area contributed by atoms with E-state index in [1.54, 1.807) is 42.5 Å². The predicted octanol–water partition coefficient (Wildman–Crippen LogP) is 5.08. The minimum atomic E-state index is -0.651. The molecule has 0 spiro atoms. The molecule has 0 aliphatic carbocycles. The Labute approximate surface area is 141 Å². The number of esters is 1. The molecule has 110 valence electrons. The number of rotatable bonds is 4. The van der Waals surface area contributed by atoms with Crippen molar-refractivity contribution in [2.24, 2.45) is 0 Å². The van der Waals surface area contributed by atoms with Crippen LogP contribution in [0.25, 0.3) is 0 Å². The smallest absolute Gasteiger partial charge is 0.332 e. The van der Waals surface area contributed by atoms with Crippen molar-refractivity contribution in [1.82, 2.24) is 0 Å². The van der Waals surface area contributed by atoms with E-state index in [-0.39, 0.29) is 0 Å². The third-order valence-electron chi connectivity index (χ3n) is 2.87. The highest BCUT2D eigenvalue weighted by atomic mass is 79.9. The summed E-state index contributed by atoms with van der Waals surface area (Å²) in [7, 11) is 1.35. The maximum atomic E-state index is 12.0. The minimum Gasteiger partial charge on any atom is -0.467 e. The van der Waals surface area contributed by atoms with Crippen LogP contribution in [0.2, 0.25) is 10.0 Å². The van der Waals surface area contributed by atoms with Crippen LogP contribution in [0.5, 0.6) is 0 Å². The van der Waals surface area contributed by atoms with Gasteiger partial charge in [0.15, 0.2) is 6.04 Å². The van der Waals surface area contributed by atoms with Crippen LogP contribution < -0.4 is 5.32 Å². The van der Waals surface area contributed by atoms with Gasteiger partial charge in [-0.1, -0.05) is 29.3 Å². The van der Waals surface area contributed by atoms with E-state index in [1.165, 1.54) is 7.11 Å². The molecule has 0 fully saturated rings. The molecule has 0 amide bonds. The number of nitrogens with one attached hydrogen (secondary N) is 1. The van der Waals surface area contributed by atoms with Gasteiger partial charge in [-0.15, -0.1) is 0 Å². The Kier molecular flexibility index (Phi) is 5.51. The monoisotopic (exact) mass is 387 g/mol. The van der Waals surface area contributed by atoms with E-state index in [0.717, 1.165) is 10.2 Å². The zero-order valence-corrected chi connectivity index (χ0v) is 14.2. The lowest BCUT2D eigenvalue weighted by atomic mass is 10.1. The fourth-order valence-electron chi connectivity index (χ4n) is 1.80. The number of carbonyl (C=O) groups excluding carboxylic acids is 1. The van der Waals surface area contributed by atoms with Crippen LogP contribution in [0.1, 0.15) is 11.6 Å². The molecule has 1 N–H and O–H groups in total. The number of hydrogen-bond donors (Lipinski definition) is 1. The normalized spacial score (nSPS) is 11.8. The molecule has 0 aromatic heterocycles. The second kappa shape index (κ2) is 7.16. The van der Waals surface area contributed by atoms with Crippen LogP contribution in [0.15, 0.2) is 46.9 Å². The van der Waals surface area contributed by atoms with E-state index in [9.17, 15) is 4.79 Å². The number of carbonyl (C=O) groups is 1. The first-order valence-electron chi connectivity index (χ1n) is 6.06. The number of methoxy groups -OCH3 is 1. The summed E-state index contributed by atoms with van der Waals surface area (Å²) in [6.45, 7) is 0. The van der Waals surface area contributed by atoms with Crippen LogP contribution in [0, 0.1) is 0 Å². The first-order valence-corrected chi connectivity index (χ1v) is 7.61. The van der Waals surface area contributed by atoms with E-state index in [4.69, 9.17) is 27.9 Å². The molecule has 1 atom stereocenters. The average molecular weight is 389 g/mol. The standard InChI is InChI=1S/C15H12BrCl2NO2/c1-21-15(20)14(9-2-7-12(16)13(18)8-9)19-11-5-3-10(17)4-6-11/h2-8,14,19H,1H3. The first-order chi connectivity index (χ1) is 10.0. The minimum absolute atomic E-state index is 0.400. The molecular formula is C15H12BrCl2NO2. The molecule has 2 aromatic carbocycles. The average Bonchev–Trinajstić information content (AvgIpc) is 2.49. The molecule has 0 saturated heterocycles. The Morgan fingerprint density at radius 2 is 1.86 bits per heavy atom. The molecule has 0 aliphatic heterocycles. The quantitative estimate of drug-likeness (QED) is 0.742. The highest BCUT2D eigenvalue weighted by Gasteiger charge is 2.22. The number of anilines is 1. The van der Waals surface area contributed by atoms with Gasteiger partial charge < -0.3 is 10.1 Å². The molecule has 0 radical (unpaired) electrons. The Hall–Kier alpha value is -1.23. The summed E-state index contributed by atoms with van der Waals surface area (Å²) in [5, 5.41) is 4.27. The zero-order chi connectivity index (χ0) is 15.4. The summed E-state index contributed by atoms with van der Waals surface area (Å²) >= 11 is 15.3. The number of benzene rings is 2. The van der Waals surface area contributed by atoms with Crippen LogP contribution in [-0.4, -0.2) is 13.1 Å². The molecule has 0 aliphatic rings.